The quantitative estimate of drug-likeness (QED) is 0.296. The van der Waals surface area contributed by atoms with Crippen molar-refractivity contribution >= 4 is 66.9 Å². The molecule has 0 aliphatic rings. The van der Waals surface area contributed by atoms with Gasteiger partial charge in [0.2, 0.25) is 0 Å². The van der Waals surface area contributed by atoms with E-state index in [0.29, 0.717) is 0 Å². The molecular weight excluding hydrogens is 197 g/mol. The molecule has 4 nitrogen and oxygen atoms in total. The molecule has 0 aromatic rings. The summed E-state index contributed by atoms with van der Waals surface area (Å²) in [6.07, 6.45) is 0. The summed E-state index contributed by atoms with van der Waals surface area (Å²) in [6, 6.07) is 0. The zero-order valence-electron chi connectivity index (χ0n) is 4.43. The van der Waals surface area contributed by atoms with Crippen molar-refractivity contribution in [2.75, 3.05) is 0 Å². The molecule has 0 saturated carbocycles. The Kier molecular flexibility index (Phi) is 27.0. The number of phosphoric acid groups is 1. The molecular formula is FeNa2O4P. The van der Waals surface area contributed by atoms with Crippen LogP contribution in [0.25, 0.3) is 0 Å². The fourth-order valence-electron chi connectivity index (χ4n) is 0. The van der Waals surface area contributed by atoms with Gasteiger partial charge in [0.05, 0.1) is 0 Å². The molecule has 0 unspecified atom stereocenters. The Hall–Kier alpha value is 2.63. The van der Waals surface area contributed by atoms with E-state index in [4.69, 9.17) is 19.2 Å². The number of hydrogen-bond acceptors (Lipinski definition) is 4. The van der Waals surface area contributed by atoms with Crippen molar-refractivity contribution < 1.29 is 36.3 Å². The van der Waals surface area contributed by atoms with Gasteiger partial charge in [-0.05, 0) is 0 Å². The minimum absolute atomic E-state index is 0. The SMILES string of the molecule is O=P([O-])([O-])[O-].[Fe+3].[Na].[Na]. The number of rotatable bonds is 0. The summed E-state index contributed by atoms with van der Waals surface area (Å²) in [7, 11) is -5.39. The summed E-state index contributed by atoms with van der Waals surface area (Å²) in [4.78, 5) is 25.6. The first-order valence-electron chi connectivity index (χ1n) is 0.730. The van der Waals surface area contributed by atoms with E-state index in [-0.39, 0.29) is 76.2 Å². The molecule has 0 heterocycles. The smallest absolute Gasteiger partial charge is 0.822 e. The Morgan fingerprint density at radius 3 is 1.00 bits per heavy atom. The fraction of sp³-hybridized carbons (Fsp3) is 0. The van der Waals surface area contributed by atoms with Crippen LogP contribution in [-0.4, -0.2) is 59.1 Å². The van der Waals surface area contributed by atoms with Crippen molar-refractivity contribution in [1.29, 1.82) is 0 Å². The van der Waals surface area contributed by atoms with Crippen molar-refractivity contribution in [1.82, 2.24) is 0 Å². The third-order valence-corrected chi connectivity index (χ3v) is 0. The Morgan fingerprint density at radius 2 is 1.00 bits per heavy atom. The Morgan fingerprint density at radius 1 is 1.00 bits per heavy atom. The molecule has 0 saturated heterocycles. The minimum Gasteiger partial charge on any atom is -0.822 e. The van der Waals surface area contributed by atoms with Crippen LogP contribution in [0.15, 0.2) is 0 Å². The summed E-state index contributed by atoms with van der Waals surface area (Å²) in [5.74, 6) is 0. The van der Waals surface area contributed by atoms with E-state index in [9.17, 15) is 0 Å². The second kappa shape index (κ2) is 9.63. The maximum absolute atomic E-state index is 8.55. The van der Waals surface area contributed by atoms with E-state index >= 15 is 0 Å². The maximum atomic E-state index is 8.55. The van der Waals surface area contributed by atoms with E-state index in [0.717, 1.165) is 0 Å². The topological polar surface area (TPSA) is 86.2 Å². The van der Waals surface area contributed by atoms with Crippen LogP contribution in [0.4, 0.5) is 0 Å². The van der Waals surface area contributed by atoms with Gasteiger partial charge in [0, 0.05) is 59.1 Å². The van der Waals surface area contributed by atoms with Crippen LogP contribution in [0.2, 0.25) is 0 Å². The van der Waals surface area contributed by atoms with E-state index in [2.05, 4.69) is 0 Å². The molecule has 8 heavy (non-hydrogen) atoms. The molecule has 0 aliphatic heterocycles. The summed E-state index contributed by atoms with van der Waals surface area (Å²) >= 11 is 0. The van der Waals surface area contributed by atoms with Crippen LogP contribution in [0, 0.1) is 0 Å². The van der Waals surface area contributed by atoms with Crippen molar-refractivity contribution in [3.05, 3.63) is 0 Å². The Labute approximate surface area is 102 Å². The molecule has 8 heteroatoms. The van der Waals surface area contributed by atoms with Gasteiger partial charge in [-0.1, -0.05) is 0 Å². The molecule has 0 spiro atoms. The van der Waals surface area contributed by atoms with Crippen LogP contribution < -0.4 is 14.7 Å². The van der Waals surface area contributed by atoms with E-state index in [1.54, 1.807) is 0 Å². The summed E-state index contributed by atoms with van der Waals surface area (Å²) < 4.78 is 8.55. The molecule has 0 bridgehead atoms. The van der Waals surface area contributed by atoms with Crippen molar-refractivity contribution in [3.8, 4) is 0 Å². The van der Waals surface area contributed by atoms with Gasteiger partial charge in [0.25, 0.3) is 0 Å². The predicted molar refractivity (Wildman–Crippen MR) is 19.1 cm³/mol. The summed E-state index contributed by atoms with van der Waals surface area (Å²) in [6.45, 7) is 0. The summed E-state index contributed by atoms with van der Waals surface area (Å²) in [5.41, 5.74) is 0. The molecule has 39 valence electrons. The molecule has 0 fully saturated rings. The van der Waals surface area contributed by atoms with E-state index in [1.807, 2.05) is 0 Å². The van der Waals surface area contributed by atoms with Gasteiger partial charge < -0.3 is 19.2 Å². The molecule has 0 rings (SSSR count). The standard InChI is InChI=1S/Fe.2Na.H3O4P/c;;;1-5(2,3)4/h;;;(H3,1,2,3,4)/q+3;;;/p-3. The van der Waals surface area contributed by atoms with Crippen LogP contribution in [0.3, 0.4) is 0 Å². The first-order chi connectivity index (χ1) is 2.00. The van der Waals surface area contributed by atoms with Gasteiger partial charge in [-0.25, -0.2) is 0 Å². The number of hydrogen-bond donors (Lipinski definition) is 0. The molecule has 0 N–H and O–H groups in total. The van der Waals surface area contributed by atoms with Crippen molar-refractivity contribution in [3.63, 3.8) is 0 Å². The largest absolute Gasteiger partial charge is 3.00 e. The third-order valence-electron chi connectivity index (χ3n) is 0. The van der Waals surface area contributed by atoms with Gasteiger partial charge in [-0.15, -0.1) is 0 Å². The molecule has 0 aromatic heterocycles. The molecule has 3 radical (unpaired) electrons. The van der Waals surface area contributed by atoms with Gasteiger partial charge in [-0.3, -0.25) is 0 Å². The predicted octanol–water partition coefficient (Wildman–Crippen LogP) is -3.59. The minimum atomic E-state index is -5.39. The normalized spacial score (nSPS) is 7.38. The van der Waals surface area contributed by atoms with Crippen LogP contribution >= 0.6 is 7.82 Å². The van der Waals surface area contributed by atoms with E-state index < -0.39 is 7.82 Å². The Bertz CT molecular complexity index is 60.2. The maximum Gasteiger partial charge on any atom is 3.00 e. The Balaban J connectivity index is -0.0000000267. The van der Waals surface area contributed by atoms with Gasteiger partial charge in [-0.2, -0.15) is 7.82 Å². The van der Waals surface area contributed by atoms with E-state index in [1.165, 1.54) is 0 Å². The van der Waals surface area contributed by atoms with Crippen molar-refractivity contribution in [2.24, 2.45) is 0 Å². The molecule has 0 aromatic carbocycles. The molecule has 0 atom stereocenters. The second-order valence-electron chi connectivity index (χ2n) is 0.447. The van der Waals surface area contributed by atoms with Gasteiger partial charge in [0.1, 0.15) is 0 Å². The van der Waals surface area contributed by atoms with Crippen LogP contribution in [0.5, 0.6) is 0 Å². The summed E-state index contributed by atoms with van der Waals surface area (Å²) in [5, 5.41) is 0. The molecule has 0 amide bonds. The monoisotopic (exact) mass is 197 g/mol. The molecule has 0 aliphatic carbocycles. The van der Waals surface area contributed by atoms with Crippen LogP contribution in [-0.2, 0) is 21.6 Å². The first kappa shape index (κ1) is 22.4. The fourth-order valence-corrected chi connectivity index (χ4v) is 0. The average Bonchev–Trinajstić information content (AvgIpc) is 0.722. The van der Waals surface area contributed by atoms with Gasteiger partial charge >= 0.3 is 17.1 Å². The zero-order chi connectivity index (χ0) is 4.50. The first-order valence-corrected chi connectivity index (χ1v) is 2.19. The average molecular weight is 197 g/mol. The third kappa shape index (κ3) is 72.6. The second-order valence-corrected chi connectivity index (χ2v) is 1.34. The zero-order valence-corrected chi connectivity index (χ0v) is 10.4. The van der Waals surface area contributed by atoms with Crippen LogP contribution in [0.1, 0.15) is 0 Å². The van der Waals surface area contributed by atoms with Crippen molar-refractivity contribution in [2.45, 2.75) is 0 Å². The van der Waals surface area contributed by atoms with Gasteiger partial charge in [0.15, 0.2) is 0 Å².